The lowest BCUT2D eigenvalue weighted by molar-refractivity contribution is -0.0778. The van der Waals surface area contributed by atoms with Crippen LogP contribution >= 0.6 is 0 Å². The molecular formula is C12H24N2O. The molecule has 0 bridgehead atoms. The molecule has 2 fully saturated rings. The Morgan fingerprint density at radius 3 is 2.67 bits per heavy atom. The highest BCUT2D eigenvalue weighted by Gasteiger charge is 2.47. The smallest absolute Gasteiger partial charge is 0.0621 e. The first kappa shape index (κ1) is 11.4. The standard InChI is InChI=1S/C12H24N2O/c1-12(2)10(7-11(12)15)13-9-5-4-6-14(3)8-9/h9-11,13,15H,4-8H2,1-3H3. The van der Waals surface area contributed by atoms with Crippen LogP contribution in [0.5, 0.6) is 0 Å². The number of piperidine rings is 1. The minimum Gasteiger partial charge on any atom is -0.392 e. The topological polar surface area (TPSA) is 35.5 Å². The van der Waals surface area contributed by atoms with Crippen molar-refractivity contribution >= 4 is 0 Å². The fraction of sp³-hybridized carbons (Fsp3) is 1.00. The first-order valence-electron chi connectivity index (χ1n) is 6.13. The van der Waals surface area contributed by atoms with Crippen LogP contribution in [0.3, 0.4) is 0 Å². The van der Waals surface area contributed by atoms with Gasteiger partial charge < -0.3 is 15.3 Å². The van der Waals surface area contributed by atoms with Gasteiger partial charge in [0.15, 0.2) is 0 Å². The number of likely N-dealkylation sites (N-methyl/N-ethyl adjacent to an activating group) is 1. The highest BCUT2D eigenvalue weighted by molar-refractivity contribution is 5.03. The number of hydrogen-bond donors (Lipinski definition) is 2. The lowest BCUT2D eigenvalue weighted by atomic mass is 9.64. The number of aliphatic hydroxyl groups is 1. The van der Waals surface area contributed by atoms with Gasteiger partial charge in [0.25, 0.3) is 0 Å². The van der Waals surface area contributed by atoms with Gasteiger partial charge in [0.05, 0.1) is 6.10 Å². The molecule has 15 heavy (non-hydrogen) atoms. The van der Waals surface area contributed by atoms with Gasteiger partial charge in [0, 0.05) is 24.0 Å². The van der Waals surface area contributed by atoms with Crippen LogP contribution in [0.4, 0.5) is 0 Å². The van der Waals surface area contributed by atoms with Crippen LogP contribution in [0.2, 0.25) is 0 Å². The molecule has 3 unspecified atom stereocenters. The quantitative estimate of drug-likeness (QED) is 0.712. The summed E-state index contributed by atoms with van der Waals surface area (Å²) in [5.74, 6) is 0. The van der Waals surface area contributed by atoms with Gasteiger partial charge in [-0.3, -0.25) is 0 Å². The minimum absolute atomic E-state index is 0.0655. The number of nitrogens with one attached hydrogen (secondary N) is 1. The van der Waals surface area contributed by atoms with Gasteiger partial charge in [-0.05, 0) is 32.9 Å². The molecule has 0 amide bonds. The van der Waals surface area contributed by atoms with E-state index in [1.54, 1.807) is 0 Å². The Hall–Kier alpha value is -0.120. The maximum Gasteiger partial charge on any atom is 0.0621 e. The van der Waals surface area contributed by atoms with E-state index in [2.05, 4.69) is 31.1 Å². The number of nitrogens with zero attached hydrogens (tertiary/aromatic N) is 1. The van der Waals surface area contributed by atoms with Crippen LogP contribution in [0.15, 0.2) is 0 Å². The molecular weight excluding hydrogens is 188 g/mol. The first-order valence-corrected chi connectivity index (χ1v) is 6.13. The van der Waals surface area contributed by atoms with Crippen molar-refractivity contribution in [3.8, 4) is 0 Å². The van der Waals surface area contributed by atoms with Gasteiger partial charge in [-0.25, -0.2) is 0 Å². The van der Waals surface area contributed by atoms with Gasteiger partial charge >= 0.3 is 0 Å². The molecule has 88 valence electrons. The SMILES string of the molecule is CN1CCCC(NC2CC(O)C2(C)C)C1. The van der Waals surface area contributed by atoms with E-state index in [4.69, 9.17) is 0 Å². The van der Waals surface area contributed by atoms with Crippen LogP contribution in [0.25, 0.3) is 0 Å². The van der Waals surface area contributed by atoms with E-state index in [1.165, 1.54) is 19.4 Å². The zero-order chi connectivity index (χ0) is 11.1. The van der Waals surface area contributed by atoms with Gasteiger partial charge in [-0.1, -0.05) is 13.8 Å². The predicted octanol–water partition coefficient (Wildman–Crippen LogP) is 0.830. The predicted molar refractivity (Wildman–Crippen MR) is 61.8 cm³/mol. The summed E-state index contributed by atoms with van der Waals surface area (Å²) in [6.45, 7) is 6.70. The molecule has 0 radical (unpaired) electrons. The van der Waals surface area contributed by atoms with Crippen molar-refractivity contribution < 1.29 is 5.11 Å². The second-order valence-electron chi connectivity index (χ2n) is 5.89. The molecule has 0 aromatic heterocycles. The van der Waals surface area contributed by atoms with E-state index in [0.29, 0.717) is 12.1 Å². The highest BCUT2D eigenvalue weighted by atomic mass is 16.3. The second-order valence-corrected chi connectivity index (χ2v) is 5.89. The molecule has 0 aromatic rings. The summed E-state index contributed by atoms with van der Waals surface area (Å²) in [6.07, 6.45) is 3.39. The van der Waals surface area contributed by atoms with Crippen LogP contribution in [-0.4, -0.2) is 48.3 Å². The average molecular weight is 212 g/mol. The lowest BCUT2D eigenvalue weighted by Crippen LogP contribution is -2.63. The monoisotopic (exact) mass is 212 g/mol. The lowest BCUT2D eigenvalue weighted by Gasteiger charge is -2.51. The van der Waals surface area contributed by atoms with E-state index in [9.17, 15) is 5.11 Å². The maximum atomic E-state index is 9.68. The van der Waals surface area contributed by atoms with Crippen molar-refractivity contribution in [1.82, 2.24) is 10.2 Å². The molecule has 1 saturated carbocycles. The first-order chi connectivity index (χ1) is 7.00. The third kappa shape index (κ3) is 2.19. The molecule has 0 aromatic carbocycles. The molecule has 0 spiro atoms. The summed E-state index contributed by atoms with van der Waals surface area (Å²) < 4.78 is 0. The summed E-state index contributed by atoms with van der Waals surface area (Å²) in [5.41, 5.74) is 0.0655. The molecule has 2 aliphatic rings. The number of aliphatic hydroxyl groups excluding tert-OH is 1. The van der Waals surface area contributed by atoms with Crippen molar-refractivity contribution in [2.45, 2.75) is 51.3 Å². The Kier molecular flexibility index (Phi) is 3.06. The summed E-state index contributed by atoms with van der Waals surface area (Å²) in [5, 5.41) is 13.4. The van der Waals surface area contributed by atoms with Crippen LogP contribution in [-0.2, 0) is 0 Å². The zero-order valence-electron chi connectivity index (χ0n) is 10.2. The average Bonchev–Trinajstić information content (AvgIpc) is 2.17. The molecule has 3 heteroatoms. The summed E-state index contributed by atoms with van der Waals surface area (Å²) in [7, 11) is 2.19. The summed E-state index contributed by atoms with van der Waals surface area (Å²) >= 11 is 0. The van der Waals surface area contributed by atoms with Gasteiger partial charge in [0.2, 0.25) is 0 Å². The molecule has 3 nitrogen and oxygen atoms in total. The fourth-order valence-electron chi connectivity index (χ4n) is 2.77. The second kappa shape index (κ2) is 4.04. The summed E-state index contributed by atoms with van der Waals surface area (Å²) in [4.78, 5) is 2.39. The van der Waals surface area contributed by atoms with Gasteiger partial charge in [-0.2, -0.15) is 0 Å². The van der Waals surface area contributed by atoms with Crippen molar-refractivity contribution in [2.75, 3.05) is 20.1 Å². The molecule has 1 aliphatic heterocycles. The normalized spacial score (nSPS) is 41.2. The third-order valence-corrected chi connectivity index (χ3v) is 4.28. The fourth-order valence-corrected chi connectivity index (χ4v) is 2.77. The van der Waals surface area contributed by atoms with Crippen molar-refractivity contribution in [2.24, 2.45) is 5.41 Å². The number of rotatable bonds is 2. The van der Waals surface area contributed by atoms with Gasteiger partial charge in [0.1, 0.15) is 0 Å². The molecule has 2 rings (SSSR count). The molecule has 2 N–H and O–H groups in total. The maximum absolute atomic E-state index is 9.68. The Morgan fingerprint density at radius 2 is 2.13 bits per heavy atom. The van der Waals surface area contributed by atoms with Crippen LogP contribution < -0.4 is 5.32 Å². The largest absolute Gasteiger partial charge is 0.392 e. The van der Waals surface area contributed by atoms with Crippen LogP contribution in [0.1, 0.15) is 33.1 Å². The van der Waals surface area contributed by atoms with Crippen LogP contribution in [0, 0.1) is 5.41 Å². The zero-order valence-corrected chi connectivity index (χ0v) is 10.2. The number of hydrogen-bond acceptors (Lipinski definition) is 3. The Morgan fingerprint density at radius 1 is 1.40 bits per heavy atom. The Labute approximate surface area is 92.8 Å². The van der Waals surface area contributed by atoms with Crippen molar-refractivity contribution in [3.05, 3.63) is 0 Å². The van der Waals surface area contributed by atoms with E-state index in [1.807, 2.05) is 0 Å². The van der Waals surface area contributed by atoms with Crippen molar-refractivity contribution in [1.29, 1.82) is 0 Å². The van der Waals surface area contributed by atoms with E-state index < -0.39 is 0 Å². The number of likely N-dealkylation sites (tertiary alicyclic amines) is 1. The third-order valence-electron chi connectivity index (χ3n) is 4.28. The molecule has 1 heterocycles. The van der Waals surface area contributed by atoms with Gasteiger partial charge in [-0.15, -0.1) is 0 Å². The van der Waals surface area contributed by atoms with Crippen molar-refractivity contribution in [3.63, 3.8) is 0 Å². The Balaban J connectivity index is 1.82. The van der Waals surface area contributed by atoms with E-state index >= 15 is 0 Å². The molecule has 1 aliphatic carbocycles. The van der Waals surface area contributed by atoms with E-state index in [-0.39, 0.29) is 11.5 Å². The van der Waals surface area contributed by atoms with E-state index in [0.717, 1.165) is 13.0 Å². The summed E-state index contributed by atoms with van der Waals surface area (Å²) in [6, 6.07) is 1.13. The molecule has 1 saturated heterocycles. The minimum atomic E-state index is -0.115. The highest BCUT2D eigenvalue weighted by Crippen LogP contribution is 2.40. The Bertz CT molecular complexity index is 230. The molecule has 3 atom stereocenters.